The highest BCUT2D eigenvalue weighted by Crippen LogP contribution is 2.21. The van der Waals surface area contributed by atoms with Crippen LogP contribution in [0.4, 0.5) is 0 Å². The predicted octanol–water partition coefficient (Wildman–Crippen LogP) is 1.89. The number of amides is 2. The first kappa shape index (κ1) is 18.9. The van der Waals surface area contributed by atoms with Crippen LogP contribution in [0, 0.1) is 13.8 Å². The van der Waals surface area contributed by atoms with E-state index in [1.807, 2.05) is 39.0 Å². The third-order valence-corrected chi connectivity index (χ3v) is 3.29. The Bertz CT molecular complexity index is 555. The van der Waals surface area contributed by atoms with Crippen molar-refractivity contribution in [2.75, 3.05) is 6.61 Å². The Morgan fingerprint density at radius 2 is 1.78 bits per heavy atom. The molecule has 0 saturated carbocycles. The highest BCUT2D eigenvalue weighted by atomic mass is 32.1. The number of hydrogen-bond acceptors (Lipinski definition) is 4. The summed E-state index contributed by atoms with van der Waals surface area (Å²) < 4.78 is 5.51. The standard InChI is InChI=1S/C16H23N3O3S/c1-4-5-9-13(20)17-16(23)19-18-14(21)10-22-15-11(2)7-6-8-12(15)3/h6-8H,4-5,9-10H2,1-3H3,(H,18,21)(H2,17,19,20,23). The van der Waals surface area contributed by atoms with E-state index < -0.39 is 5.91 Å². The maximum Gasteiger partial charge on any atom is 0.276 e. The Kier molecular flexibility index (Phi) is 8.04. The van der Waals surface area contributed by atoms with Gasteiger partial charge < -0.3 is 10.1 Å². The molecule has 1 aromatic rings. The lowest BCUT2D eigenvalue weighted by Gasteiger charge is -2.13. The zero-order chi connectivity index (χ0) is 17.2. The number of benzene rings is 1. The largest absolute Gasteiger partial charge is 0.483 e. The molecule has 0 saturated heterocycles. The molecule has 7 heteroatoms. The van der Waals surface area contributed by atoms with Gasteiger partial charge in [-0.2, -0.15) is 0 Å². The average Bonchev–Trinajstić information content (AvgIpc) is 2.50. The van der Waals surface area contributed by atoms with E-state index in [1.165, 1.54) is 0 Å². The summed E-state index contributed by atoms with van der Waals surface area (Å²) in [7, 11) is 0. The molecule has 0 aliphatic rings. The molecule has 0 spiro atoms. The summed E-state index contributed by atoms with van der Waals surface area (Å²) >= 11 is 4.92. The number of rotatable bonds is 6. The van der Waals surface area contributed by atoms with Gasteiger partial charge in [0.1, 0.15) is 5.75 Å². The molecule has 3 N–H and O–H groups in total. The SMILES string of the molecule is CCCCC(=O)NC(=S)NNC(=O)COc1c(C)cccc1C. The van der Waals surface area contributed by atoms with Crippen LogP contribution in [-0.2, 0) is 9.59 Å². The highest BCUT2D eigenvalue weighted by molar-refractivity contribution is 7.80. The van der Waals surface area contributed by atoms with Gasteiger partial charge in [-0.15, -0.1) is 0 Å². The molecule has 6 nitrogen and oxygen atoms in total. The van der Waals surface area contributed by atoms with Crippen molar-refractivity contribution in [3.05, 3.63) is 29.3 Å². The van der Waals surface area contributed by atoms with E-state index in [0.29, 0.717) is 12.2 Å². The average molecular weight is 337 g/mol. The number of aryl methyl sites for hydroxylation is 2. The maximum atomic E-state index is 11.7. The second-order valence-corrected chi connectivity index (χ2v) is 5.57. The lowest BCUT2D eigenvalue weighted by Crippen LogP contribution is -2.49. The predicted molar refractivity (Wildman–Crippen MR) is 93.0 cm³/mol. The van der Waals surface area contributed by atoms with Crippen LogP contribution in [0.1, 0.15) is 37.3 Å². The topological polar surface area (TPSA) is 79.5 Å². The van der Waals surface area contributed by atoms with Crippen molar-refractivity contribution in [2.24, 2.45) is 0 Å². The Morgan fingerprint density at radius 3 is 2.39 bits per heavy atom. The van der Waals surface area contributed by atoms with Gasteiger partial charge in [0.15, 0.2) is 11.7 Å². The lowest BCUT2D eigenvalue weighted by molar-refractivity contribution is -0.124. The number of carbonyl (C=O) groups excluding carboxylic acids is 2. The third kappa shape index (κ3) is 7.10. The fourth-order valence-corrected chi connectivity index (χ4v) is 2.05. The lowest BCUT2D eigenvalue weighted by atomic mass is 10.1. The van der Waals surface area contributed by atoms with Crippen LogP contribution in [0.25, 0.3) is 0 Å². The van der Waals surface area contributed by atoms with Crippen LogP contribution in [0.5, 0.6) is 5.75 Å². The summed E-state index contributed by atoms with van der Waals surface area (Å²) in [4.78, 5) is 23.2. The van der Waals surface area contributed by atoms with Crippen molar-refractivity contribution in [2.45, 2.75) is 40.0 Å². The summed E-state index contributed by atoms with van der Waals surface area (Å²) in [6.07, 6.45) is 2.13. The summed E-state index contributed by atoms with van der Waals surface area (Å²) in [6.45, 7) is 5.68. The van der Waals surface area contributed by atoms with Crippen molar-refractivity contribution in [3.63, 3.8) is 0 Å². The van der Waals surface area contributed by atoms with Gasteiger partial charge in [-0.25, -0.2) is 0 Å². The van der Waals surface area contributed by atoms with Gasteiger partial charge in [0.2, 0.25) is 5.91 Å². The van der Waals surface area contributed by atoms with Crippen molar-refractivity contribution >= 4 is 29.1 Å². The highest BCUT2D eigenvalue weighted by Gasteiger charge is 2.08. The van der Waals surface area contributed by atoms with Crippen molar-refractivity contribution in [1.82, 2.24) is 16.2 Å². The minimum atomic E-state index is -0.391. The van der Waals surface area contributed by atoms with Crippen molar-refractivity contribution < 1.29 is 14.3 Å². The molecule has 0 aliphatic carbocycles. The molecule has 0 atom stereocenters. The first-order valence-electron chi connectivity index (χ1n) is 7.51. The molecule has 126 valence electrons. The summed E-state index contributed by atoms with van der Waals surface area (Å²) in [5.74, 6) is 0.126. The van der Waals surface area contributed by atoms with E-state index >= 15 is 0 Å². The number of ether oxygens (including phenoxy) is 1. The second-order valence-electron chi connectivity index (χ2n) is 5.16. The normalized spacial score (nSPS) is 9.87. The van der Waals surface area contributed by atoms with E-state index in [-0.39, 0.29) is 17.6 Å². The van der Waals surface area contributed by atoms with Crippen molar-refractivity contribution in [1.29, 1.82) is 0 Å². The quantitative estimate of drug-likeness (QED) is 0.546. The fourth-order valence-electron chi connectivity index (χ4n) is 1.88. The minimum Gasteiger partial charge on any atom is -0.483 e. The molecule has 1 rings (SSSR count). The number of hydrazine groups is 1. The number of carbonyl (C=O) groups is 2. The summed E-state index contributed by atoms with van der Waals surface area (Å²) in [6, 6.07) is 5.76. The van der Waals surface area contributed by atoms with Gasteiger partial charge in [0, 0.05) is 6.42 Å². The molecule has 0 radical (unpaired) electrons. The van der Waals surface area contributed by atoms with Crippen molar-refractivity contribution in [3.8, 4) is 5.75 Å². The zero-order valence-electron chi connectivity index (χ0n) is 13.7. The molecule has 0 unspecified atom stereocenters. The summed E-state index contributed by atoms with van der Waals surface area (Å²) in [5.41, 5.74) is 6.78. The van der Waals surface area contributed by atoms with E-state index in [2.05, 4.69) is 16.2 Å². The van der Waals surface area contributed by atoms with Crippen LogP contribution >= 0.6 is 12.2 Å². The van der Waals surface area contributed by atoms with E-state index in [1.54, 1.807) is 0 Å². The van der Waals surface area contributed by atoms with Gasteiger partial charge in [0.25, 0.3) is 5.91 Å². The number of unbranched alkanes of at least 4 members (excludes halogenated alkanes) is 1. The van der Waals surface area contributed by atoms with Crippen LogP contribution in [-0.4, -0.2) is 23.5 Å². The van der Waals surface area contributed by atoms with E-state index in [9.17, 15) is 9.59 Å². The Hall–Kier alpha value is -2.15. The van der Waals surface area contributed by atoms with Gasteiger partial charge in [-0.1, -0.05) is 31.5 Å². The smallest absolute Gasteiger partial charge is 0.276 e. The molecule has 0 bridgehead atoms. The first-order valence-corrected chi connectivity index (χ1v) is 7.92. The van der Waals surface area contributed by atoms with Crippen LogP contribution in [0.2, 0.25) is 0 Å². The molecule has 1 aromatic carbocycles. The number of hydrogen-bond donors (Lipinski definition) is 3. The fraction of sp³-hybridized carbons (Fsp3) is 0.438. The van der Waals surface area contributed by atoms with Gasteiger partial charge in [-0.05, 0) is 43.6 Å². The molecule has 23 heavy (non-hydrogen) atoms. The number of thiocarbonyl (C=S) groups is 1. The van der Waals surface area contributed by atoms with E-state index in [0.717, 1.165) is 24.0 Å². The third-order valence-electron chi connectivity index (χ3n) is 3.08. The van der Waals surface area contributed by atoms with Gasteiger partial charge in [0.05, 0.1) is 0 Å². The molecule has 2 amide bonds. The van der Waals surface area contributed by atoms with E-state index in [4.69, 9.17) is 17.0 Å². The Labute approximate surface area is 141 Å². The minimum absolute atomic E-state index is 0.0616. The molecular weight excluding hydrogens is 314 g/mol. The summed E-state index contributed by atoms with van der Waals surface area (Å²) in [5, 5.41) is 2.55. The molecular formula is C16H23N3O3S. The monoisotopic (exact) mass is 337 g/mol. The first-order chi connectivity index (χ1) is 10.9. The molecule has 0 aromatic heterocycles. The number of nitrogens with one attached hydrogen (secondary N) is 3. The van der Waals surface area contributed by atoms with Crippen LogP contribution in [0.3, 0.4) is 0 Å². The maximum absolute atomic E-state index is 11.7. The zero-order valence-corrected chi connectivity index (χ0v) is 14.5. The van der Waals surface area contributed by atoms with Gasteiger partial charge >= 0.3 is 0 Å². The van der Waals surface area contributed by atoms with Crippen LogP contribution < -0.4 is 20.9 Å². The van der Waals surface area contributed by atoms with Gasteiger partial charge in [-0.3, -0.25) is 20.4 Å². The Balaban J connectivity index is 2.32. The molecule has 0 fully saturated rings. The van der Waals surface area contributed by atoms with Crippen LogP contribution in [0.15, 0.2) is 18.2 Å². The Morgan fingerprint density at radius 1 is 1.13 bits per heavy atom. The number of para-hydroxylation sites is 1. The molecule has 0 aliphatic heterocycles. The second kappa shape index (κ2) is 9.78. The molecule has 0 heterocycles.